The fourth-order valence-corrected chi connectivity index (χ4v) is 3.92. The zero-order valence-corrected chi connectivity index (χ0v) is 16.3. The molecule has 0 aromatic heterocycles. The SMILES string of the molecule is CC.CCC(=O)CN1CCC(CC2CCN(C(C)C)CC2)CC1. The van der Waals surface area contributed by atoms with E-state index in [2.05, 4.69) is 23.6 Å². The van der Waals surface area contributed by atoms with E-state index >= 15 is 0 Å². The van der Waals surface area contributed by atoms with Crippen LogP contribution in [0.4, 0.5) is 0 Å². The highest BCUT2D eigenvalue weighted by Gasteiger charge is 2.26. The van der Waals surface area contributed by atoms with E-state index in [1.807, 2.05) is 20.8 Å². The predicted octanol–water partition coefficient (Wildman–Crippen LogP) is 4.21. The van der Waals surface area contributed by atoms with Crippen LogP contribution in [0.2, 0.25) is 0 Å². The molecule has 2 rings (SSSR count). The summed E-state index contributed by atoms with van der Waals surface area (Å²) < 4.78 is 0. The summed E-state index contributed by atoms with van der Waals surface area (Å²) in [6, 6.07) is 0.713. The van der Waals surface area contributed by atoms with E-state index in [-0.39, 0.29) is 0 Å². The van der Waals surface area contributed by atoms with Crippen molar-refractivity contribution >= 4 is 5.78 Å². The van der Waals surface area contributed by atoms with Crippen molar-refractivity contribution in [1.82, 2.24) is 9.80 Å². The molecule has 2 saturated heterocycles. The molecule has 0 aliphatic carbocycles. The third-order valence-electron chi connectivity index (χ3n) is 5.55. The van der Waals surface area contributed by atoms with Crippen LogP contribution in [0.5, 0.6) is 0 Å². The normalized spacial score (nSPS) is 22.0. The lowest BCUT2D eigenvalue weighted by atomic mass is 9.82. The molecule has 0 saturated carbocycles. The standard InChI is InChI=1S/C18H34N2O.C2H6/c1-4-18(21)14-19-9-5-16(6-10-19)13-17-7-11-20(12-8-17)15(2)3;1-2/h15-17H,4-14H2,1-3H3;1-2H3. The Morgan fingerprint density at radius 2 is 1.43 bits per heavy atom. The highest BCUT2D eigenvalue weighted by atomic mass is 16.1. The predicted molar refractivity (Wildman–Crippen MR) is 99.9 cm³/mol. The van der Waals surface area contributed by atoms with Gasteiger partial charge in [0.1, 0.15) is 5.78 Å². The maximum atomic E-state index is 11.5. The first kappa shape index (κ1) is 20.6. The van der Waals surface area contributed by atoms with Gasteiger partial charge in [0.05, 0.1) is 6.54 Å². The molecule has 2 aliphatic rings. The van der Waals surface area contributed by atoms with E-state index in [4.69, 9.17) is 0 Å². The molecule has 2 aliphatic heterocycles. The van der Waals surface area contributed by atoms with Crippen molar-refractivity contribution in [3.63, 3.8) is 0 Å². The monoisotopic (exact) mass is 324 g/mol. The smallest absolute Gasteiger partial charge is 0.146 e. The number of likely N-dealkylation sites (tertiary alicyclic amines) is 2. The average molecular weight is 325 g/mol. The Labute approximate surface area is 144 Å². The number of piperidine rings is 2. The zero-order chi connectivity index (χ0) is 17.2. The topological polar surface area (TPSA) is 23.6 Å². The second kappa shape index (κ2) is 11.2. The summed E-state index contributed by atoms with van der Waals surface area (Å²) in [6.07, 6.45) is 7.53. The molecular weight excluding hydrogens is 284 g/mol. The Kier molecular flexibility index (Phi) is 10.0. The van der Waals surface area contributed by atoms with Crippen molar-refractivity contribution in [3.8, 4) is 0 Å². The largest absolute Gasteiger partial charge is 0.301 e. The Morgan fingerprint density at radius 3 is 1.87 bits per heavy atom. The number of carbonyl (C=O) groups is 1. The van der Waals surface area contributed by atoms with Crippen LogP contribution < -0.4 is 0 Å². The molecule has 2 heterocycles. The van der Waals surface area contributed by atoms with Crippen LogP contribution in [-0.4, -0.2) is 54.3 Å². The first-order chi connectivity index (χ1) is 11.1. The molecule has 23 heavy (non-hydrogen) atoms. The molecular formula is C20H40N2O. The second-order valence-corrected chi connectivity index (χ2v) is 7.42. The molecule has 0 aromatic rings. The number of carbonyl (C=O) groups excluding carboxylic acids is 1. The molecule has 0 radical (unpaired) electrons. The van der Waals surface area contributed by atoms with Gasteiger partial charge in [0.15, 0.2) is 0 Å². The Hall–Kier alpha value is -0.410. The Morgan fingerprint density at radius 1 is 0.957 bits per heavy atom. The Balaban J connectivity index is 0.00000127. The van der Waals surface area contributed by atoms with Crippen LogP contribution in [0.1, 0.15) is 73.1 Å². The molecule has 3 heteroatoms. The summed E-state index contributed by atoms with van der Waals surface area (Å²) in [5, 5.41) is 0. The van der Waals surface area contributed by atoms with Crippen LogP contribution in [0.15, 0.2) is 0 Å². The highest BCUT2D eigenvalue weighted by Crippen LogP contribution is 2.30. The van der Waals surface area contributed by atoms with Gasteiger partial charge in [-0.3, -0.25) is 9.69 Å². The molecule has 0 aromatic carbocycles. The minimum absolute atomic E-state index is 0.398. The van der Waals surface area contributed by atoms with E-state index in [0.29, 0.717) is 24.8 Å². The molecule has 0 spiro atoms. The molecule has 0 amide bonds. The quantitative estimate of drug-likeness (QED) is 0.731. The van der Waals surface area contributed by atoms with Gasteiger partial charge in [0, 0.05) is 12.5 Å². The fourth-order valence-electron chi connectivity index (χ4n) is 3.92. The van der Waals surface area contributed by atoms with E-state index in [0.717, 1.165) is 24.9 Å². The lowest BCUT2D eigenvalue weighted by Gasteiger charge is -2.38. The van der Waals surface area contributed by atoms with Gasteiger partial charge in [-0.05, 0) is 84.0 Å². The van der Waals surface area contributed by atoms with Gasteiger partial charge in [-0.2, -0.15) is 0 Å². The van der Waals surface area contributed by atoms with E-state index in [1.54, 1.807) is 0 Å². The van der Waals surface area contributed by atoms with Gasteiger partial charge < -0.3 is 4.90 Å². The number of hydrogen-bond donors (Lipinski definition) is 0. The number of ketones is 1. The Bertz CT molecular complexity index is 314. The van der Waals surface area contributed by atoms with Gasteiger partial charge in [-0.25, -0.2) is 0 Å². The average Bonchev–Trinajstić information content (AvgIpc) is 2.59. The molecule has 0 bridgehead atoms. The first-order valence-electron chi connectivity index (χ1n) is 10.1. The lowest BCUT2D eigenvalue weighted by Crippen LogP contribution is -2.40. The van der Waals surface area contributed by atoms with Gasteiger partial charge in [-0.1, -0.05) is 20.8 Å². The van der Waals surface area contributed by atoms with Gasteiger partial charge in [0.2, 0.25) is 0 Å². The highest BCUT2D eigenvalue weighted by molar-refractivity contribution is 5.80. The van der Waals surface area contributed by atoms with Gasteiger partial charge >= 0.3 is 0 Å². The summed E-state index contributed by atoms with van der Waals surface area (Å²) in [5.74, 6) is 2.26. The third kappa shape index (κ3) is 7.34. The van der Waals surface area contributed by atoms with Crippen molar-refractivity contribution in [2.45, 2.75) is 79.2 Å². The van der Waals surface area contributed by atoms with E-state index in [9.17, 15) is 4.79 Å². The fraction of sp³-hybridized carbons (Fsp3) is 0.950. The van der Waals surface area contributed by atoms with Crippen LogP contribution in [0.3, 0.4) is 0 Å². The number of nitrogens with zero attached hydrogens (tertiary/aromatic N) is 2. The third-order valence-corrected chi connectivity index (χ3v) is 5.55. The van der Waals surface area contributed by atoms with Crippen LogP contribution in [-0.2, 0) is 4.79 Å². The maximum Gasteiger partial charge on any atom is 0.146 e. The first-order valence-corrected chi connectivity index (χ1v) is 10.1. The summed E-state index contributed by atoms with van der Waals surface area (Å²) in [5.41, 5.74) is 0. The van der Waals surface area contributed by atoms with Gasteiger partial charge in [0.25, 0.3) is 0 Å². The minimum atomic E-state index is 0.398. The van der Waals surface area contributed by atoms with Crippen molar-refractivity contribution < 1.29 is 4.79 Å². The van der Waals surface area contributed by atoms with Gasteiger partial charge in [-0.15, -0.1) is 0 Å². The molecule has 0 N–H and O–H groups in total. The van der Waals surface area contributed by atoms with Crippen molar-refractivity contribution in [2.24, 2.45) is 11.8 Å². The summed E-state index contributed by atoms with van der Waals surface area (Å²) in [4.78, 5) is 16.5. The van der Waals surface area contributed by atoms with Crippen LogP contribution >= 0.6 is 0 Å². The second-order valence-electron chi connectivity index (χ2n) is 7.42. The number of hydrogen-bond acceptors (Lipinski definition) is 3. The van der Waals surface area contributed by atoms with Crippen molar-refractivity contribution in [3.05, 3.63) is 0 Å². The van der Waals surface area contributed by atoms with Crippen LogP contribution in [0.25, 0.3) is 0 Å². The summed E-state index contributed by atoms with van der Waals surface area (Å²) >= 11 is 0. The zero-order valence-electron chi connectivity index (χ0n) is 16.3. The molecule has 2 fully saturated rings. The maximum absolute atomic E-state index is 11.5. The van der Waals surface area contributed by atoms with E-state index in [1.165, 1.54) is 45.2 Å². The van der Waals surface area contributed by atoms with Crippen molar-refractivity contribution in [2.75, 3.05) is 32.7 Å². The molecule has 3 nitrogen and oxygen atoms in total. The molecule has 0 atom stereocenters. The summed E-state index contributed by atoms with van der Waals surface area (Å²) in [6.45, 7) is 16.2. The molecule has 136 valence electrons. The van der Waals surface area contributed by atoms with Crippen molar-refractivity contribution in [1.29, 1.82) is 0 Å². The number of rotatable bonds is 6. The summed E-state index contributed by atoms with van der Waals surface area (Å²) in [7, 11) is 0. The molecule has 0 unspecified atom stereocenters. The minimum Gasteiger partial charge on any atom is -0.301 e. The van der Waals surface area contributed by atoms with E-state index < -0.39 is 0 Å². The lowest BCUT2D eigenvalue weighted by molar-refractivity contribution is -0.120. The van der Waals surface area contributed by atoms with Crippen LogP contribution in [0, 0.1) is 11.8 Å². The number of Topliss-reactive ketones (excluding diaryl/α,β-unsaturated/α-hetero) is 1.